The lowest BCUT2D eigenvalue weighted by Crippen LogP contribution is -2.15. The average molecular weight is 329 g/mol. The second-order valence-electron chi connectivity index (χ2n) is 9.57. The molecule has 1 aliphatic carbocycles. The van der Waals surface area contributed by atoms with Gasteiger partial charge in [-0.2, -0.15) is 0 Å². The third kappa shape index (κ3) is 6.26. The summed E-state index contributed by atoms with van der Waals surface area (Å²) in [7, 11) is 0. The van der Waals surface area contributed by atoms with Crippen LogP contribution in [0.3, 0.4) is 0 Å². The van der Waals surface area contributed by atoms with E-state index < -0.39 is 0 Å². The first-order chi connectivity index (χ1) is 11.4. The molecule has 1 aromatic carbocycles. The quantitative estimate of drug-likeness (QED) is 0.479. The summed E-state index contributed by atoms with van der Waals surface area (Å²) in [5.74, 6) is 2.48. The van der Waals surface area contributed by atoms with E-state index in [0.29, 0.717) is 11.3 Å². The minimum Gasteiger partial charge on any atom is -0.0622 e. The van der Waals surface area contributed by atoms with Crippen LogP contribution in [0.15, 0.2) is 24.3 Å². The minimum atomic E-state index is 0.341. The van der Waals surface area contributed by atoms with Crippen LogP contribution in [0.4, 0.5) is 0 Å². The molecule has 0 heterocycles. The van der Waals surface area contributed by atoms with Crippen LogP contribution in [0.2, 0.25) is 0 Å². The molecule has 0 aromatic heterocycles. The van der Waals surface area contributed by atoms with Gasteiger partial charge in [0.1, 0.15) is 0 Å². The van der Waals surface area contributed by atoms with Crippen molar-refractivity contribution in [2.45, 2.75) is 98.3 Å². The first-order valence-corrected chi connectivity index (χ1v) is 10.4. The fraction of sp³-hybridized carbons (Fsp3) is 0.750. The lowest BCUT2D eigenvalue weighted by molar-refractivity contribution is 0.320. The van der Waals surface area contributed by atoms with E-state index in [2.05, 4.69) is 58.9 Å². The Morgan fingerprint density at radius 3 is 2.17 bits per heavy atom. The number of hydrogen-bond acceptors (Lipinski definition) is 0. The Balaban J connectivity index is 1.74. The van der Waals surface area contributed by atoms with Crippen LogP contribution in [-0.2, 0) is 6.42 Å². The van der Waals surface area contributed by atoms with E-state index >= 15 is 0 Å². The van der Waals surface area contributed by atoms with Crippen molar-refractivity contribution in [3.8, 4) is 0 Å². The van der Waals surface area contributed by atoms with Crippen LogP contribution in [-0.4, -0.2) is 0 Å². The SMILES string of the molecule is CC(CCCC1CCCCC1)Cc1ccc(C(C)C(C)(C)C)cc1. The van der Waals surface area contributed by atoms with Crippen molar-refractivity contribution in [3.63, 3.8) is 0 Å². The van der Waals surface area contributed by atoms with Crippen molar-refractivity contribution < 1.29 is 0 Å². The molecule has 1 aromatic rings. The third-order valence-corrected chi connectivity index (χ3v) is 6.40. The Morgan fingerprint density at radius 2 is 1.58 bits per heavy atom. The van der Waals surface area contributed by atoms with Gasteiger partial charge in [-0.15, -0.1) is 0 Å². The Hall–Kier alpha value is -0.780. The lowest BCUT2D eigenvalue weighted by atomic mass is 9.77. The highest BCUT2D eigenvalue weighted by molar-refractivity contribution is 5.26. The third-order valence-electron chi connectivity index (χ3n) is 6.40. The van der Waals surface area contributed by atoms with Crippen LogP contribution < -0.4 is 0 Å². The summed E-state index contributed by atoms with van der Waals surface area (Å²) in [5, 5.41) is 0. The summed E-state index contributed by atoms with van der Waals surface area (Å²) in [6.45, 7) is 11.8. The molecule has 0 amide bonds. The highest BCUT2D eigenvalue weighted by Gasteiger charge is 2.21. The Morgan fingerprint density at radius 1 is 0.958 bits per heavy atom. The Labute approximate surface area is 151 Å². The first kappa shape index (κ1) is 19.5. The van der Waals surface area contributed by atoms with E-state index in [1.54, 1.807) is 0 Å². The van der Waals surface area contributed by atoms with Crippen LogP contribution in [0.5, 0.6) is 0 Å². The van der Waals surface area contributed by atoms with Crippen molar-refractivity contribution in [2.24, 2.45) is 17.3 Å². The molecule has 2 unspecified atom stereocenters. The molecule has 0 N–H and O–H groups in total. The molecule has 0 bridgehead atoms. The van der Waals surface area contributed by atoms with Crippen molar-refractivity contribution in [2.75, 3.05) is 0 Å². The monoisotopic (exact) mass is 328 g/mol. The maximum atomic E-state index is 2.44. The molecule has 1 saturated carbocycles. The standard InChI is InChI=1S/C24H40/c1-19(10-9-13-21-11-7-6-8-12-21)18-22-14-16-23(17-15-22)20(2)24(3,4)5/h14-17,19-21H,6-13,18H2,1-5H3. The normalized spacial score (nSPS) is 19.2. The highest BCUT2D eigenvalue weighted by Crippen LogP contribution is 2.34. The predicted molar refractivity (Wildman–Crippen MR) is 108 cm³/mol. The largest absolute Gasteiger partial charge is 0.0622 e. The van der Waals surface area contributed by atoms with Gasteiger partial charge in [0.05, 0.1) is 0 Å². The zero-order valence-corrected chi connectivity index (χ0v) is 16.9. The zero-order chi connectivity index (χ0) is 17.6. The van der Waals surface area contributed by atoms with Gasteiger partial charge in [-0.25, -0.2) is 0 Å². The van der Waals surface area contributed by atoms with Crippen LogP contribution >= 0.6 is 0 Å². The molecular weight excluding hydrogens is 288 g/mol. The maximum Gasteiger partial charge on any atom is -0.0142 e. The van der Waals surface area contributed by atoms with E-state index in [9.17, 15) is 0 Å². The Kier molecular flexibility index (Phi) is 7.38. The molecule has 1 aliphatic rings. The van der Waals surface area contributed by atoms with E-state index in [1.165, 1.54) is 68.9 Å². The molecule has 2 rings (SSSR count). The molecule has 0 nitrogen and oxygen atoms in total. The van der Waals surface area contributed by atoms with Crippen molar-refractivity contribution >= 4 is 0 Å². The van der Waals surface area contributed by atoms with Crippen LogP contribution in [0.1, 0.15) is 103 Å². The molecule has 1 fully saturated rings. The second-order valence-corrected chi connectivity index (χ2v) is 9.57. The fourth-order valence-corrected chi connectivity index (χ4v) is 4.18. The van der Waals surface area contributed by atoms with Gasteiger partial charge in [0, 0.05) is 0 Å². The van der Waals surface area contributed by atoms with Gasteiger partial charge >= 0.3 is 0 Å². The van der Waals surface area contributed by atoms with Gasteiger partial charge in [-0.3, -0.25) is 0 Å². The molecule has 0 heteroatoms. The van der Waals surface area contributed by atoms with Gasteiger partial charge < -0.3 is 0 Å². The predicted octanol–water partition coefficient (Wildman–Crippen LogP) is 7.77. The summed E-state index contributed by atoms with van der Waals surface area (Å²) in [6, 6.07) is 9.46. The van der Waals surface area contributed by atoms with Crippen LogP contribution in [0.25, 0.3) is 0 Å². The number of benzene rings is 1. The Bertz CT molecular complexity index is 456. The summed E-state index contributed by atoms with van der Waals surface area (Å²) in [4.78, 5) is 0. The maximum absolute atomic E-state index is 2.44. The van der Waals surface area contributed by atoms with E-state index in [1.807, 2.05) is 0 Å². The smallest absolute Gasteiger partial charge is 0.0142 e. The van der Waals surface area contributed by atoms with E-state index in [4.69, 9.17) is 0 Å². The number of rotatable bonds is 7. The van der Waals surface area contributed by atoms with Gasteiger partial charge in [0.15, 0.2) is 0 Å². The molecule has 0 aliphatic heterocycles. The zero-order valence-electron chi connectivity index (χ0n) is 16.9. The molecule has 2 atom stereocenters. The fourth-order valence-electron chi connectivity index (χ4n) is 4.18. The highest BCUT2D eigenvalue weighted by atomic mass is 14.3. The topological polar surface area (TPSA) is 0 Å². The van der Waals surface area contributed by atoms with Gasteiger partial charge in [-0.1, -0.05) is 110 Å². The van der Waals surface area contributed by atoms with Gasteiger partial charge in [-0.05, 0) is 40.7 Å². The molecule has 0 saturated heterocycles. The average Bonchev–Trinajstić information content (AvgIpc) is 2.55. The molecule has 136 valence electrons. The summed E-state index contributed by atoms with van der Waals surface area (Å²) in [5.41, 5.74) is 3.34. The molecular formula is C24H40. The molecule has 0 spiro atoms. The summed E-state index contributed by atoms with van der Waals surface area (Å²) < 4.78 is 0. The molecule has 24 heavy (non-hydrogen) atoms. The van der Waals surface area contributed by atoms with E-state index in [-0.39, 0.29) is 0 Å². The summed E-state index contributed by atoms with van der Waals surface area (Å²) >= 11 is 0. The molecule has 0 radical (unpaired) electrons. The van der Waals surface area contributed by atoms with Crippen molar-refractivity contribution in [1.29, 1.82) is 0 Å². The lowest BCUT2D eigenvalue weighted by Gasteiger charge is -2.27. The number of hydrogen-bond donors (Lipinski definition) is 0. The first-order valence-electron chi connectivity index (χ1n) is 10.4. The second kappa shape index (κ2) is 9.07. The van der Waals surface area contributed by atoms with E-state index in [0.717, 1.165) is 11.8 Å². The van der Waals surface area contributed by atoms with Gasteiger partial charge in [0.25, 0.3) is 0 Å². The van der Waals surface area contributed by atoms with Gasteiger partial charge in [0.2, 0.25) is 0 Å². The minimum absolute atomic E-state index is 0.341. The summed E-state index contributed by atoms with van der Waals surface area (Å²) in [6.07, 6.45) is 13.0. The van der Waals surface area contributed by atoms with Crippen molar-refractivity contribution in [3.05, 3.63) is 35.4 Å². The van der Waals surface area contributed by atoms with Crippen molar-refractivity contribution in [1.82, 2.24) is 0 Å². The van der Waals surface area contributed by atoms with Crippen LogP contribution in [0, 0.1) is 17.3 Å².